The van der Waals surface area contributed by atoms with Crippen LogP contribution in [0.3, 0.4) is 0 Å². The van der Waals surface area contributed by atoms with Crippen LogP contribution in [0.25, 0.3) is 0 Å². The number of hydrogen-bond acceptors (Lipinski definition) is 5. The number of anilines is 1. The number of carbonyl (C=O) groups excluding carboxylic acids is 2. The minimum atomic E-state index is -4.22. The molecule has 10 heteroatoms. The number of benzene rings is 1. The van der Waals surface area contributed by atoms with Gasteiger partial charge in [0, 0.05) is 31.9 Å². The van der Waals surface area contributed by atoms with Crippen molar-refractivity contribution in [1.29, 1.82) is 0 Å². The van der Waals surface area contributed by atoms with Gasteiger partial charge in [-0.3, -0.25) is 9.48 Å². The third-order valence-electron chi connectivity index (χ3n) is 6.43. The molecule has 31 heavy (non-hydrogen) atoms. The quantitative estimate of drug-likeness (QED) is 0.748. The molecule has 0 saturated carbocycles. The van der Waals surface area contributed by atoms with E-state index >= 15 is 0 Å². The van der Waals surface area contributed by atoms with Crippen LogP contribution in [-0.2, 0) is 42.8 Å². The number of fused-ring (bicyclic) bond motifs is 2. The zero-order chi connectivity index (χ0) is 21.8. The van der Waals surface area contributed by atoms with Crippen LogP contribution in [-0.4, -0.2) is 48.1 Å². The fourth-order valence-corrected chi connectivity index (χ4v) is 5.63. The van der Waals surface area contributed by atoms with Crippen molar-refractivity contribution in [3.05, 3.63) is 40.1 Å². The number of rotatable bonds is 4. The monoisotopic (exact) mass is 443 g/mol. The normalized spacial score (nSPS) is 17.1. The number of sulfonamides is 1. The summed E-state index contributed by atoms with van der Waals surface area (Å²) in [6.45, 7) is 1.30. The summed E-state index contributed by atoms with van der Waals surface area (Å²) in [6, 6.07) is 2.65. The van der Waals surface area contributed by atoms with E-state index in [9.17, 15) is 18.0 Å². The van der Waals surface area contributed by atoms with E-state index in [1.165, 1.54) is 28.9 Å². The summed E-state index contributed by atoms with van der Waals surface area (Å²) >= 11 is 0. The van der Waals surface area contributed by atoms with Crippen LogP contribution >= 0.6 is 0 Å². The van der Waals surface area contributed by atoms with Crippen LogP contribution in [0, 0.1) is 0 Å². The maximum atomic E-state index is 12.8. The van der Waals surface area contributed by atoms with Crippen molar-refractivity contribution >= 4 is 27.6 Å². The first-order valence-corrected chi connectivity index (χ1v) is 12.2. The van der Waals surface area contributed by atoms with E-state index in [0.29, 0.717) is 13.1 Å². The molecule has 164 valence electrons. The van der Waals surface area contributed by atoms with E-state index < -0.39 is 16.1 Å². The topological polar surface area (TPSA) is 113 Å². The molecule has 0 unspecified atom stereocenters. The van der Waals surface area contributed by atoms with Gasteiger partial charge in [0.1, 0.15) is 5.69 Å². The molecular formula is C21H25N5O4S. The minimum absolute atomic E-state index is 0.180. The third-order valence-corrected chi connectivity index (χ3v) is 7.64. The van der Waals surface area contributed by atoms with E-state index in [1.807, 2.05) is 0 Å². The van der Waals surface area contributed by atoms with E-state index in [-0.39, 0.29) is 16.6 Å². The number of urea groups is 1. The molecule has 3 amide bonds. The average molecular weight is 444 g/mol. The lowest BCUT2D eigenvalue weighted by molar-refractivity contribution is 0.0640. The second-order valence-corrected chi connectivity index (χ2v) is 10.1. The highest BCUT2D eigenvalue weighted by Crippen LogP contribution is 2.38. The lowest BCUT2D eigenvalue weighted by Crippen LogP contribution is -2.42. The van der Waals surface area contributed by atoms with Crippen molar-refractivity contribution in [3.63, 3.8) is 0 Å². The standard InChI is InChI=1S/C21H25N5O4S/c1-25-17(20(27)26-9-4-10-26)12-18(23-25)31(29,30)24-21(28)22-19-15-7-2-5-13(15)11-14-6-3-8-16(14)19/h11-12H,2-10H2,1H3,(H2,22,24,28). The minimum Gasteiger partial charge on any atom is -0.337 e. The highest BCUT2D eigenvalue weighted by atomic mass is 32.2. The summed E-state index contributed by atoms with van der Waals surface area (Å²) in [4.78, 5) is 26.7. The molecular weight excluding hydrogens is 418 g/mol. The van der Waals surface area contributed by atoms with Gasteiger partial charge < -0.3 is 10.2 Å². The number of aromatic nitrogens is 2. The summed E-state index contributed by atoms with van der Waals surface area (Å²) in [5.74, 6) is -0.262. The second-order valence-electron chi connectivity index (χ2n) is 8.43. The van der Waals surface area contributed by atoms with E-state index in [0.717, 1.165) is 61.8 Å². The predicted molar refractivity (Wildman–Crippen MR) is 114 cm³/mol. The highest BCUT2D eigenvalue weighted by Gasteiger charge is 2.30. The fraction of sp³-hybridized carbons (Fsp3) is 0.476. The third kappa shape index (κ3) is 3.48. The average Bonchev–Trinajstić information content (AvgIpc) is 3.38. The van der Waals surface area contributed by atoms with E-state index in [2.05, 4.69) is 21.2 Å². The molecule has 2 heterocycles. The maximum Gasteiger partial charge on any atom is 0.333 e. The summed E-state index contributed by atoms with van der Waals surface area (Å²) in [5.41, 5.74) is 5.68. The Hall–Kier alpha value is -2.88. The van der Waals surface area contributed by atoms with Crippen LogP contribution in [0.2, 0.25) is 0 Å². The fourth-order valence-electron chi connectivity index (χ4n) is 4.73. The molecule has 1 aliphatic heterocycles. The molecule has 2 aromatic rings. The van der Waals surface area contributed by atoms with Gasteiger partial charge in [-0.15, -0.1) is 0 Å². The first-order chi connectivity index (χ1) is 14.8. The smallest absolute Gasteiger partial charge is 0.333 e. The van der Waals surface area contributed by atoms with Gasteiger partial charge in [0.15, 0.2) is 5.03 Å². The Kier molecular flexibility index (Phi) is 4.76. The zero-order valence-corrected chi connectivity index (χ0v) is 18.2. The van der Waals surface area contributed by atoms with Crippen molar-refractivity contribution in [3.8, 4) is 0 Å². The number of nitrogens with zero attached hydrogens (tertiary/aromatic N) is 3. The molecule has 1 aromatic carbocycles. The van der Waals surface area contributed by atoms with Crippen LogP contribution < -0.4 is 10.0 Å². The number of carbonyl (C=O) groups is 2. The summed E-state index contributed by atoms with van der Waals surface area (Å²) in [5, 5.41) is 6.42. The van der Waals surface area contributed by atoms with Gasteiger partial charge in [0.25, 0.3) is 15.9 Å². The first-order valence-electron chi connectivity index (χ1n) is 10.7. The maximum absolute atomic E-state index is 12.8. The Labute approximate surface area is 180 Å². The van der Waals surface area contributed by atoms with Crippen LogP contribution in [0.15, 0.2) is 17.2 Å². The molecule has 1 saturated heterocycles. The Morgan fingerprint density at radius 1 is 0.968 bits per heavy atom. The largest absolute Gasteiger partial charge is 0.337 e. The molecule has 0 spiro atoms. The Bertz CT molecular complexity index is 1160. The second kappa shape index (κ2) is 7.37. The van der Waals surface area contributed by atoms with Gasteiger partial charge in [0.05, 0.1) is 0 Å². The lowest BCUT2D eigenvalue weighted by atomic mass is 9.99. The Morgan fingerprint density at radius 2 is 1.61 bits per heavy atom. The number of nitrogens with one attached hydrogen (secondary N) is 2. The molecule has 9 nitrogen and oxygen atoms in total. The van der Waals surface area contributed by atoms with Crippen LogP contribution in [0.5, 0.6) is 0 Å². The number of hydrogen-bond donors (Lipinski definition) is 2. The molecule has 1 aromatic heterocycles. The summed E-state index contributed by atoms with van der Waals surface area (Å²) in [6.07, 6.45) is 6.74. The molecule has 3 aliphatic rings. The van der Waals surface area contributed by atoms with Gasteiger partial charge in [-0.05, 0) is 67.2 Å². The first kappa shape index (κ1) is 20.0. The Morgan fingerprint density at radius 3 is 2.19 bits per heavy atom. The van der Waals surface area contributed by atoms with Crippen LogP contribution in [0.4, 0.5) is 10.5 Å². The van der Waals surface area contributed by atoms with Crippen LogP contribution in [0.1, 0.15) is 52.0 Å². The van der Waals surface area contributed by atoms with Crippen molar-refractivity contribution in [2.24, 2.45) is 7.05 Å². The van der Waals surface area contributed by atoms with E-state index in [4.69, 9.17) is 0 Å². The molecule has 2 N–H and O–H groups in total. The lowest BCUT2D eigenvalue weighted by Gasteiger charge is -2.30. The van der Waals surface area contributed by atoms with Crippen molar-refractivity contribution in [2.75, 3.05) is 18.4 Å². The molecule has 0 atom stereocenters. The number of likely N-dealkylation sites (tertiary alicyclic amines) is 1. The summed E-state index contributed by atoms with van der Waals surface area (Å²) < 4.78 is 28.8. The van der Waals surface area contributed by atoms with Gasteiger partial charge in [-0.2, -0.15) is 13.5 Å². The number of aryl methyl sites for hydroxylation is 3. The Balaban J connectivity index is 1.36. The molecule has 1 fully saturated rings. The molecule has 5 rings (SSSR count). The van der Waals surface area contributed by atoms with Gasteiger partial charge in [-0.1, -0.05) is 6.07 Å². The van der Waals surface area contributed by atoms with Crippen molar-refractivity contribution in [2.45, 2.75) is 50.0 Å². The van der Waals surface area contributed by atoms with E-state index in [1.54, 1.807) is 4.90 Å². The predicted octanol–water partition coefficient (Wildman–Crippen LogP) is 1.75. The SMILES string of the molecule is Cn1nc(S(=O)(=O)NC(=O)Nc2c3c(cc4c2CCC4)CCC3)cc1C(=O)N1CCC1. The van der Waals surface area contributed by atoms with Crippen molar-refractivity contribution in [1.82, 2.24) is 19.4 Å². The molecule has 2 aliphatic carbocycles. The zero-order valence-electron chi connectivity index (χ0n) is 17.4. The van der Waals surface area contributed by atoms with Gasteiger partial charge in [0.2, 0.25) is 0 Å². The van der Waals surface area contributed by atoms with Gasteiger partial charge in [-0.25, -0.2) is 9.52 Å². The summed E-state index contributed by atoms with van der Waals surface area (Å²) in [7, 11) is -2.71. The van der Waals surface area contributed by atoms with Gasteiger partial charge >= 0.3 is 6.03 Å². The molecule has 0 radical (unpaired) electrons. The highest BCUT2D eigenvalue weighted by molar-refractivity contribution is 7.90. The number of amides is 3. The molecule has 0 bridgehead atoms. The van der Waals surface area contributed by atoms with Crippen molar-refractivity contribution < 1.29 is 18.0 Å².